The molecule has 1 aromatic carbocycles. The molecule has 1 aromatic rings. The van der Waals surface area contributed by atoms with Crippen molar-refractivity contribution in [3.63, 3.8) is 0 Å². The molecule has 0 aliphatic carbocycles. The number of rotatable bonds is 2. The molecular formula is C13H14N2OS. The highest BCUT2D eigenvalue weighted by Crippen LogP contribution is 2.32. The van der Waals surface area contributed by atoms with Crippen LogP contribution in [0.15, 0.2) is 17.0 Å². The van der Waals surface area contributed by atoms with E-state index in [-0.39, 0.29) is 5.41 Å². The van der Waals surface area contributed by atoms with Gasteiger partial charge in [-0.2, -0.15) is 10.5 Å². The van der Waals surface area contributed by atoms with Crippen LogP contribution in [0, 0.1) is 22.7 Å². The van der Waals surface area contributed by atoms with Crippen molar-refractivity contribution in [2.24, 2.45) is 0 Å². The van der Waals surface area contributed by atoms with Crippen LogP contribution in [0.25, 0.3) is 0 Å². The lowest BCUT2D eigenvalue weighted by molar-refractivity contribution is 0.489. The van der Waals surface area contributed by atoms with Gasteiger partial charge in [-0.3, -0.25) is 0 Å². The fraction of sp³-hybridized carbons (Fsp3) is 0.385. The van der Waals surface area contributed by atoms with Gasteiger partial charge < -0.3 is 4.18 Å². The Balaban J connectivity index is 3.51. The third kappa shape index (κ3) is 3.00. The molecule has 0 aromatic heterocycles. The minimum absolute atomic E-state index is 0.230. The third-order valence-electron chi connectivity index (χ3n) is 2.28. The van der Waals surface area contributed by atoms with Crippen LogP contribution in [-0.2, 0) is 9.60 Å². The molecule has 0 amide bonds. The fourth-order valence-corrected chi connectivity index (χ4v) is 2.27. The van der Waals surface area contributed by atoms with E-state index in [9.17, 15) is 10.5 Å². The molecule has 17 heavy (non-hydrogen) atoms. The van der Waals surface area contributed by atoms with E-state index in [0.717, 1.165) is 22.5 Å². The van der Waals surface area contributed by atoms with E-state index < -0.39 is 0 Å². The van der Waals surface area contributed by atoms with Gasteiger partial charge in [-0.1, -0.05) is 20.8 Å². The first-order valence-electron chi connectivity index (χ1n) is 5.13. The summed E-state index contributed by atoms with van der Waals surface area (Å²) in [6.45, 7) is 5.98. The van der Waals surface area contributed by atoms with Crippen molar-refractivity contribution in [1.82, 2.24) is 0 Å². The predicted octanol–water partition coefficient (Wildman–Crippen LogP) is 3.38. The van der Waals surface area contributed by atoms with Crippen molar-refractivity contribution in [2.75, 3.05) is 7.11 Å². The maximum atomic E-state index is 9.18. The van der Waals surface area contributed by atoms with E-state index in [4.69, 9.17) is 4.18 Å². The highest BCUT2D eigenvalue weighted by atomic mass is 32.2. The van der Waals surface area contributed by atoms with Gasteiger partial charge in [0.15, 0.2) is 0 Å². The number of hydrogen-bond acceptors (Lipinski definition) is 4. The Morgan fingerprint density at radius 3 is 1.88 bits per heavy atom. The molecule has 0 N–H and O–H groups in total. The highest BCUT2D eigenvalue weighted by molar-refractivity contribution is 7.94. The number of benzene rings is 1. The topological polar surface area (TPSA) is 56.8 Å². The summed E-state index contributed by atoms with van der Waals surface area (Å²) >= 11 is 1.15. The normalized spacial score (nSPS) is 10.7. The minimum Gasteiger partial charge on any atom is -0.314 e. The van der Waals surface area contributed by atoms with Gasteiger partial charge in [0.2, 0.25) is 0 Å². The van der Waals surface area contributed by atoms with Gasteiger partial charge in [-0.15, -0.1) is 0 Å². The maximum absolute atomic E-state index is 9.18. The van der Waals surface area contributed by atoms with Crippen molar-refractivity contribution >= 4 is 12.0 Å². The van der Waals surface area contributed by atoms with Crippen molar-refractivity contribution in [2.45, 2.75) is 31.1 Å². The first-order chi connectivity index (χ1) is 7.93. The molecule has 0 saturated carbocycles. The second-order valence-corrected chi connectivity index (χ2v) is 5.59. The zero-order chi connectivity index (χ0) is 13.1. The molecule has 3 nitrogen and oxygen atoms in total. The SMILES string of the molecule is COSc1cc(C#N)c(C(C)(C)C)c(C#N)c1. The van der Waals surface area contributed by atoms with Gasteiger partial charge in [0.25, 0.3) is 0 Å². The second kappa shape index (κ2) is 5.23. The van der Waals surface area contributed by atoms with E-state index in [1.807, 2.05) is 20.8 Å². The molecule has 0 aliphatic rings. The van der Waals surface area contributed by atoms with Crippen molar-refractivity contribution < 1.29 is 4.18 Å². The molecule has 0 spiro atoms. The molecule has 0 radical (unpaired) electrons. The van der Waals surface area contributed by atoms with E-state index >= 15 is 0 Å². The molecule has 88 valence electrons. The first-order valence-corrected chi connectivity index (χ1v) is 5.87. The minimum atomic E-state index is -0.230. The third-order valence-corrected chi connectivity index (χ3v) is 2.88. The van der Waals surface area contributed by atoms with E-state index in [0.29, 0.717) is 11.1 Å². The second-order valence-electron chi connectivity index (χ2n) is 4.62. The fourth-order valence-electron chi connectivity index (χ4n) is 1.74. The molecule has 0 heterocycles. The summed E-state index contributed by atoms with van der Waals surface area (Å²) in [5, 5.41) is 18.4. The molecule has 1 rings (SSSR count). The van der Waals surface area contributed by atoms with Crippen molar-refractivity contribution in [3.05, 3.63) is 28.8 Å². The summed E-state index contributed by atoms with van der Waals surface area (Å²) in [4.78, 5) is 0.772. The molecule has 0 unspecified atom stereocenters. The van der Waals surface area contributed by atoms with Gasteiger partial charge in [-0.25, -0.2) is 0 Å². The average Bonchev–Trinajstić information content (AvgIpc) is 2.26. The summed E-state index contributed by atoms with van der Waals surface area (Å²) in [5.41, 5.74) is 1.64. The van der Waals surface area contributed by atoms with Gasteiger partial charge in [0.1, 0.15) is 0 Å². The van der Waals surface area contributed by atoms with Gasteiger partial charge >= 0.3 is 0 Å². The monoisotopic (exact) mass is 246 g/mol. The Bertz CT molecular complexity index is 469. The predicted molar refractivity (Wildman–Crippen MR) is 67.4 cm³/mol. The maximum Gasteiger partial charge on any atom is 0.0995 e. The van der Waals surface area contributed by atoms with Crippen LogP contribution in [0.5, 0.6) is 0 Å². The zero-order valence-corrected chi connectivity index (χ0v) is 11.2. The van der Waals surface area contributed by atoms with E-state index in [1.54, 1.807) is 19.2 Å². The summed E-state index contributed by atoms with van der Waals surface area (Å²) < 4.78 is 4.95. The van der Waals surface area contributed by atoms with Crippen LogP contribution in [-0.4, -0.2) is 7.11 Å². The Morgan fingerprint density at radius 2 is 1.59 bits per heavy atom. The molecule has 4 heteroatoms. The number of nitriles is 2. The van der Waals surface area contributed by atoms with Crippen LogP contribution in [0.3, 0.4) is 0 Å². The Kier molecular flexibility index (Phi) is 4.17. The smallest absolute Gasteiger partial charge is 0.0995 e. The lowest BCUT2D eigenvalue weighted by Crippen LogP contribution is -2.15. The van der Waals surface area contributed by atoms with Crippen molar-refractivity contribution in [3.8, 4) is 12.1 Å². The zero-order valence-electron chi connectivity index (χ0n) is 10.4. The summed E-state index contributed by atoms with van der Waals surface area (Å²) in [5.74, 6) is 0. The quantitative estimate of drug-likeness (QED) is 0.751. The van der Waals surface area contributed by atoms with Crippen molar-refractivity contribution in [1.29, 1.82) is 10.5 Å². The summed E-state index contributed by atoms with van der Waals surface area (Å²) in [7, 11) is 1.56. The molecular weight excluding hydrogens is 232 g/mol. The molecule has 0 fully saturated rings. The lowest BCUT2D eigenvalue weighted by Gasteiger charge is -2.22. The Hall–Kier alpha value is -1.49. The summed E-state index contributed by atoms with van der Waals surface area (Å²) in [6, 6.07) is 7.83. The van der Waals surface area contributed by atoms with Gasteiger partial charge in [0, 0.05) is 16.9 Å². The first kappa shape index (κ1) is 13.6. The summed E-state index contributed by atoms with van der Waals surface area (Å²) in [6.07, 6.45) is 0. The van der Waals surface area contributed by atoms with Crippen LogP contribution in [0.4, 0.5) is 0 Å². The number of nitrogens with zero attached hydrogens (tertiary/aromatic N) is 2. The average molecular weight is 246 g/mol. The molecule has 0 aliphatic heterocycles. The lowest BCUT2D eigenvalue weighted by atomic mass is 9.81. The van der Waals surface area contributed by atoms with Crippen LogP contribution in [0.1, 0.15) is 37.5 Å². The Labute approximate surface area is 106 Å². The number of hydrogen-bond donors (Lipinski definition) is 0. The molecule has 0 bridgehead atoms. The largest absolute Gasteiger partial charge is 0.314 e. The highest BCUT2D eigenvalue weighted by Gasteiger charge is 2.23. The van der Waals surface area contributed by atoms with Crippen LogP contribution in [0.2, 0.25) is 0 Å². The van der Waals surface area contributed by atoms with E-state index in [2.05, 4.69) is 12.1 Å². The Morgan fingerprint density at radius 1 is 1.12 bits per heavy atom. The van der Waals surface area contributed by atoms with Gasteiger partial charge in [-0.05, 0) is 23.1 Å². The standard InChI is InChI=1S/C13H14N2OS/c1-13(2,3)12-9(7-14)5-11(17-16-4)6-10(12)8-15/h5-6H,1-4H3. The molecule has 0 saturated heterocycles. The van der Waals surface area contributed by atoms with E-state index in [1.165, 1.54) is 0 Å². The van der Waals surface area contributed by atoms with Gasteiger partial charge in [0.05, 0.1) is 30.4 Å². The molecule has 0 atom stereocenters. The van der Waals surface area contributed by atoms with Crippen LogP contribution < -0.4 is 0 Å². The van der Waals surface area contributed by atoms with Crippen LogP contribution >= 0.6 is 12.0 Å².